The predicted molar refractivity (Wildman–Crippen MR) is 179 cm³/mol. The van der Waals surface area contributed by atoms with E-state index in [2.05, 4.69) is 64.8 Å². The molecule has 1 rings (SSSR count). The van der Waals surface area contributed by atoms with Crippen molar-refractivity contribution < 1.29 is 23.9 Å². The molecule has 0 aromatic carbocycles. The SMILES string of the molecule is CC/C=C(/C)C/C=C\[C@H](C)[C@H](O)[C@@H](C)C(=O)C(C)(C)[C@H](CC(=O)OC/C(C)=C/c1csc(C)n1)O[Si](C)(C)C(C)(C)C. The number of hydrogen-bond donors (Lipinski definition) is 1. The standard InChI is InChI=1S/C34H57NO5SSi/c1-14-16-23(2)17-15-18-25(4)31(37)26(5)32(38)34(10,11)29(40-42(12,13)33(7,8)9)20-30(36)39-21-24(3)19-28-22-41-27(6)35-28/h15-16,18-19,22,25-26,29,31,37H,14,17,20-21H2,1-13H3/b18-15-,23-16-,24-19+/t25-,26+,29-,31-/m0/s1. The molecule has 1 aromatic heterocycles. The Bertz CT molecular complexity index is 1130. The quantitative estimate of drug-likeness (QED) is 0.113. The van der Waals surface area contributed by atoms with Gasteiger partial charge in [0.05, 0.1) is 29.3 Å². The number of carbonyl (C=O) groups is 2. The van der Waals surface area contributed by atoms with Gasteiger partial charge in [0.15, 0.2) is 8.32 Å². The molecule has 0 radical (unpaired) electrons. The molecule has 6 nitrogen and oxygen atoms in total. The molecule has 4 atom stereocenters. The van der Waals surface area contributed by atoms with Gasteiger partial charge in [-0.1, -0.05) is 79.2 Å². The van der Waals surface area contributed by atoms with E-state index in [1.165, 1.54) is 5.57 Å². The number of hydrogen-bond acceptors (Lipinski definition) is 7. The first-order valence-corrected chi connectivity index (χ1v) is 19.0. The van der Waals surface area contributed by atoms with E-state index >= 15 is 0 Å². The monoisotopic (exact) mass is 619 g/mol. The summed E-state index contributed by atoms with van der Waals surface area (Å²) in [6, 6.07) is 0. The average Bonchev–Trinajstić information content (AvgIpc) is 3.29. The second-order valence-electron chi connectivity index (χ2n) is 13.8. The summed E-state index contributed by atoms with van der Waals surface area (Å²) < 4.78 is 12.4. The number of carbonyl (C=O) groups excluding carboxylic acids is 2. The Morgan fingerprint density at radius 1 is 1.12 bits per heavy atom. The average molecular weight is 620 g/mol. The molecule has 0 amide bonds. The van der Waals surface area contributed by atoms with Crippen molar-refractivity contribution in [1.29, 1.82) is 0 Å². The van der Waals surface area contributed by atoms with Crippen LogP contribution in [0.1, 0.15) is 99.2 Å². The minimum Gasteiger partial charge on any atom is -0.461 e. The summed E-state index contributed by atoms with van der Waals surface area (Å²) in [6.45, 7) is 26.2. The topological polar surface area (TPSA) is 85.7 Å². The molecule has 0 saturated heterocycles. The Hall–Kier alpha value is -1.87. The fourth-order valence-electron chi connectivity index (χ4n) is 4.49. The van der Waals surface area contributed by atoms with Gasteiger partial charge in [-0.25, -0.2) is 4.98 Å². The van der Waals surface area contributed by atoms with Gasteiger partial charge in [-0.15, -0.1) is 11.3 Å². The first-order valence-electron chi connectivity index (χ1n) is 15.2. The third kappa shape index (κ3) is 11.7. The van der Waals surface area contributed by atoms with Gasteiger partial charge in [0.2, 0.25) is 0 Å². The second kappa shape index (κ2) is 16.3. The van der Waals surface area contributed by atoms with E-state index in [1.54, 1.807) is 18.3 Å². The van der Waals surface area contributed by atoms with Gasteiger partial charge in [0.1, 0.15) is 12.4 Å². The van der Waals surface area contributed by atoms with E-state index in [-0.39, 0.29) is 29.8 Å². The van der Waals surface area contributed by atoms with Gasteiger partial charge < -0.3 is 14.3 Å². The maximum atomic E-state index is 14.0. The van der Waals surface area contributed by atoms with Crippen LogP contribution < -0.4 is 0 Å². The lowest BCUT2D eigenvalue weighted by molar-refractivity contribution is -0.149. The molecular formula is C34H57NO5SSi. The molecular weight excluding hydrogens is 563 g/mol. The van der Waals surface area contributed by atoms with Gasteiger partial charge in [0.25, 0.3) is 0 Å². The van der Waals surface area contributed by atoms with Crippen molar-refractivity contribution in [3.05, 3.63) is 45.5 Å². The zero-order valence-electron chi connectivity index (χ0n) is 28.5. The van der Waals surface area contributed by atoms with Crippen LogP contribution in [0.5, 0.6) is 0 Å². The van der Waals surface area contributed by atoms with Crippen molar-refractivity contribution in [2.45, 2.75) is 126 Å². The zero-order chi connectivity index (χ0) is 32.5. The van der Waals surface area contributed by atoms with E-state index in [9.17, 15) is 14.7 Å². The number of Topliss-reactive ketones (excluding diaryl/α,β-unsaturated/α-hetero) is 1. The maximum absolute atomic E-state index is 14.0. The number of rotatable bonds is 16. The summed E-state index contributed by atoms with van der Waals surface area (Å²) in [4.78, 5) is 31.6. The van der Waals surface area contributed by atoms with Crippen LogP contribution in [0.4, 0.5) is 0 Å². The number of ketones is 1. The van der Waals surface area contributed by atoms with Gasteiger partial charge in [-0.3, -0.25) is 9.59 Å². The fraction of sp³-hybridized carbons (Fsp3) is 0.676. The molecule has 8 heteroatoms. The molecule has 1 N–H and O–H groups in total. The largest absolute Gasteiger partial charge is 0.461 e. The summed E-state index contributed by atoms with van der Waals surface area (Å²) in [5, 5.41) is 14.0. The van der Waals surface area contributed by atoms with Crippen LogP contribution in [0.3, 0.4) is 0 Å². The van der Waals surface area contributed by atoms with Crippen molar-refractivity contribution in [3.8, 4) is 0 Å². The molecule has 0 aliphatic carbocycles. The number of aromatic nitrogens is 1. The van der Waals surface area contributed by atoms with Gasteiger partial charge in [-0.05, 0) is 63.4 Å². The zero-order valence-corrected chi connectivity index (χ0v) is 30.3. The molecule has 0 aliphatic heterocycles. The molecule has 238 valence electrons. The van der Waals surface area contributed by atoms with Crippen molar-refractivity contribution in [2.24, 2.45) is 17.3 Å². The van der Waals surface area contributed by atoms with Crippen molar-refractivity contribution in [2.75, 3.05) is 6.61 Å². The summed E-state index contributed by atoms with van der Waals surface area (Å²) in [5.41, 5.74) is 1.98. The Balaban J connectivity index is 3.12. The molecule has 0 unspecified atom stereocenters. The summed E-state index contributed by atoms with van der Waals surface area (Å²) in [5.74, 6) is -1.37. The Labute approximate surface area is 260 Å². The lowest BCUT2D eigenvalue weighted by Crippen LogP contribution is -2.52. The second-order valence-corrected chi connectivity index (χ2v) is 19.6. The number of ether oxygens (including phenoxy) is 1. The number of allylic oxidation sites excluding steroid dienone is 3. The molecule has 1 heterocycles. The third-order valence-electron chi connectivity index (χ3n) is 8.42. The molecule has 1 aromatic rings. The lowest BCUT2D eigenvalue weighted by Gasteiger charge is -2.44. The molecule has 0 fully saturated rings. The Kier molecular flexibility index (Phi) is 14.8. The van der Waals surface area contributed by atoms with Crippen LogP contribution in [0.15, 0.2) is 34.8 Å². The highest BCUT2D eigenvalue weighted by Gasteiger charge is 2.48. The van der Waals surface area contributed by atoms with Crippen molar-refractivity contribution >= 4 is 37.5 Å². The highest BCUT2D eigenvalue weighted by atomic mass is 32.1. The Morgan fingerprint density at radius 2 is 1.74 bits per heavy atom. The summed E-state index contributed by atoms with van der Waals surface area (Å²) in [7, 11) is -2.36. The van der Waals surface area contributed by atoms with Crippen LogP contribution in [0.2, 0.25) is 18.1 Å². The van der Waals surface area contributed by atoms with Crippen LogP contribution in [-0.4, -0.2) is 49.0 Å². The summed E-state index contributed by atoms with van der Waals surface area (Å²) >= 11 is 1.57. The van der Waals surface area contributed by atoms with E-state index < -0.39 is 37.8 Å². The minimum absolute atomic E-state index is 0.0460. The smallest absolute Gasteiger partial charge is 0.308 e. The third-order valence-corrected chi connectivity index (χ3v) is 13.7. The number of aliphatic hydroxyl groups excluding tert-OH is 1. The molecule has 0 bridgehead atoms. The highest BCUT2D eigenvalue weighted by molar-refractivity contribution is 7.09. The lowest BCUT2D eigenvalue weighted by atomic mass is 9.73. The van der Waals surface area contributed by atoms with Gasteiger partial charge >= 0.3 is 5.97 Å². The number of esters is 1. The normalized spacial score (nSPS) is 16.8. The van der Waals surface area contributed by atoms with E-state index in [0.29, 0.717) is 0 Å². The predicted octanol–water partition coefficient (Wildman–Crippen LogP) is 8.71. The van der Waals surface area contributed by atoms with Crippen molar-refractivity contribution in [1.82, 2.24) is 4.98 Å². The van der Waals surface area contributed by atoms with Crippen LogP contribution >= 0.6 is 11.3 Å². The fourth-order valence-corrected chi connectivity index (χ4v) is 6.50. The van der Waals surface area contributed by atoms with Gasteiger partial charge in [0, 0.05) is 22.6 Å². The molecule has 0 saturated carbocycles. The van der Waals surface area contributed by atoms with E-state index in [1.807, 2.05) is 52.2 Å². The van der Waals surface area contributed by atoms with Crippen LogP contribution in [-0.2, 0) is 18.8 Å². The Morgan fingerprint density at radius 3 is 2.26 bits per heavy atom. The maximum Gasteiger partial charge on any atom is 0.308 e. The molecule has 0 spiro atoms. The van der Waals surface area contributed by atoms with E-state index in [0.717, 1.165) is 29.1 Å². The number of thiazole rings is 1. The first kappa shape index (κ1) is 38.2. The summed E-state index contributed by atoms with van der Waals surface area (Å²) in [6.07, 6.45) is 8.36. The van der Waals surface area contributed by atoms with Crippen LogP contribution in [0, 0.1) is 24.2 Å². The highest BCUT2D eigenvalue weighted by Crippen LogP contribution is 2.42. The minimum atomic E-state index is -2.36. The first-order chi connectivity index (χ1) is 19.2. The van der Waals surface area contributed by atoms with E-state index in [4.69, 9.17) is 9.16 Å². The number of aliphatic hydroxyl groups is 1. The molecule has 42 heavy (non-hydrogen) atoms. The number of aryl methyl sites for hydroxylation is 1. The number of nitrogens with zero attached hydrogens (tertiary/aromatic N) is 1. The van der Waals surface area contributed by atoms with Crippen LogP contribution in [0.25, 0.3) is 6.08 Å². The van der Waals surface area contributed by atoms with Crippen molar-refractivity contribution in [3.63, 3.8) is 0 Å². The van der Waals surface area contributed by atoms with Gasteiger partial charge in [-0.2, -0.15) is 0 Å². The molecule has 0 aliphatic rings.